The molecule has 1 aromatic heterocycles. The van der Waals surface area contributed by atoms with Crippen molar-refractivity contribution in [2.75, 3.05) is 6.61 Å². The quantitative estimate of drug-likeness (QED) is 0.678. The Labute approximate surface area is 136 Å². The van der Waals surface area contributed by atoms with Gasteiger partial charge < -0.3 is 9.72 Å². The predicted molar refractivity (Wildman–Crippen MR) is 85.3 cm³/mol. The Morgan fingerprint density at radius 3 is 2.42 bits per heavy atom. The third-order valence-corrected chi connectivity index (χ3v) is 3.75. The number of rotatable bonds is 4. The van der Waals surface area contributed by atoms with Gasteiger partial charge in [0.05, 0.1) is 23.4 Å². The van der Waals surface area contributed by atoms with Crippen molar-refractivity contribution in [3.8, 4) is 17.0 Å². The van der Waals surface area contributed by atoms with Crippen molar-refractivity contribution >= 4 is 17.2 Å². The number of para-hydroxylation sites is 1. The Morgan fingerprint density at radius 1 is 1.12 bits per heavy atom. The zero-order chi connectivity index (χ0) is 17.3. The first-order chi connectivity index (χ1) is 11.5. The minimum atomic E-state index is -4.50. The van der Waals surface area contributed by atoms with Gasteiger partial charge in [0.25, 0.3) is 0 Å². The number of nitrogens with one attached hydrogen (secondary N) is 1. The van der Waals surface area contributed by atoms with E-state index in [2.05, 4.69) is 4.98 Å². The number of ether oxygens (including phenoxy) is 1. The minimum absolute atomic E-state index is 0.0871. The van der Waals surface area contributed by atoms with Crippen molar-refractivity contribution in [2.45, 2.75) is 13.1 Å². The monoisotopic (exact) mass is 333 g/mol. The van der Waals surface area contributed by atoms with Crippen LogP contribution >= 0.6 is 0 Å². The molecule has 6 heteroatoms. The number of carbonyl (C=O) groups excluding carboxylic acids is 1. The Morgan fingerprint density at radius 2 is 1.83 bits per heavy atom. The number of hydrogen-bond acceptors (Lipinski definition) is 2. The molecule has 1 N–H and O–H groups in total. The number of aldehydes is 1. The molecular formula is C18H14F3NO2. The van der Waals surface area contributed by atoms with Gasteiger partial charge >= 0.3 is 6.18 Å². The van der Waals surface area contributed by atoms with E-state index in [9.17, 15) is 18.0 Å². The molecule has 0 saturated heterocycles. The molecule has 3 aromatic rings. The van der Waals surface area contributed by atoms with E-state index in [4.69, 9.17) is 4.74 Å². The van der Waals surface area contributed by atoms with Crippen LogP contribution in [-0.2, 0) is 6.18 Å². The number of H-pyrrole nitrogens is 1. The van der Waals surface area contributed by atoms with Crippen molar-refractivity contribution in [2.24, 2.45) is 0 Å². The van der Waals surface area contributed by atoms with Crippen molar-refractivity contribution in [1.29, 1.82) is 0 Å². The summed E-state index contributed by atoms with van der Waals surface area (Å²) in [6.45, 7) is 2.37. The lowest BCUT2D eigenvalue weighted by molar-refractivity contribution is -0.136. The van der Waals surface area contributed by atoms with Crippen LogP contribution in [0.1, 0.15) is 22.8 Å². The summed E-state index contributed by atoms with van der Waals surface area (Å²) < 4.78 is 44.9. The fourth-order valence-electron chi connectivity index (χ4n) is 2.71. The van der Waals surface area contributed by atoms with Gasteiger partial charge in [-0.1, -0.05) is 12.1 Å². The van der Waals surface area contributed by atoms with Crippen LogP contribution in [0.15, 0.2) is 42.5 Å². The third kappa shape index (κ3) is 2.75. The largest absolute Gasteiger partial charge is 0.494 e. The number of hydrogen-bond donors (Lipinski definition) is 1. The molecule has 0 aliphatic heterocycles. The molecule has 3 nitrogen and oxygen atoms in total. The van der Waals surface area contributed by atoms with E-state index >= 15 is 0 Å². The second-order valence-corrected chi connectivity index (χ2v) is 5.21. The van der Waals surface area contributed by atoms with Crippen LogP contribution in [0, 0.1) is 0 Å². The Kier molecular flexibility index (Phi) is 4.05. The highest BCUT2D eigenvalue weighted by Crippen LogP contribution is 2.38. The molecule has 0 saturated carbocycles. The van der Waals surface area contributed by atoms with Crippen molar-refractivity contribution in [3.63, 3.8) is 0 Å². The standard InChI is InChI=1S/C18H14F3NO2/c1-2-24-12-8-6-11(7-9-12)16-14(10-23)13-4-3-5-15(17(13)22-16)18(19,20)21/h3-10,22H,2H2,1H3. The molecule has 0 amide bonds. The molecule has 0 fully saturated rings. The number of fused-ring (bicyclic) bond motifs is 1. The summed E-state index contributed by atoms with van der Waals surface area (Å²) in [4.78, 5) is 14.2. The van der Waals surface area contributed by atoms with Gasteiger partial charge in [-0.25, -0.2) is 0 Å². The highest BCUT2D eigenvalue weighted by Gasteiger charge is 2.34. The van der Waals surface area contributed by atoms with Crippen LogP contribution in [0.2, 0.25) is 0 Å². The molecule has 0 atom stereocenters. The summed E-state index contributed by atoms with van der Waals surface area (Å²) in [5, 5.41) is 0.253. The van der Waals surface area contributed by atoms with Crippen molar-refractivity contribution in [3.05, 3.63) is 53.6 Å². The molecule has 0 aliphatic carbocycles. The molecule has 0 unspecified atom stereocenters. The second kappa shape index (κ2) is 6.03. The molecular weight excluding hydrogens is 319 g/mol. The molecule has 1 heterocycles. The molecule has 0 bridgehead atoms. The lowest BCUT2D eigenvalue weighted by Crippen LogP contribution is -2.05. The highest BCUT2D eigenvalue weighted by atomic mass is 19.4. The summed E-state index contributed by atoms with van der Waals surface area (Å²) in [6.07, 6.45) is -3.93. The van der Waals surface area contributed by atoms with Gasteiger partial charge in [0, 0.05) is 10.9 Å². The number of aromatic nitrogens is 1. The number of carbonyl (C=O) groups is 1. The van der Waals surface area contributed by atoms with Crippen LogP contribution in [0.5, 0.6) is 5.75 Å². The van der Waals surface area contributed by atoms with Crippen LogP contribution in [0.25, 0.3) is 22.2 Å². The zero-order valence-electron chi connectivity index (χ0n) is 12.8. The van der Waals surface area contributed by atoms with Gasteiger partial charge in [-0.3, -0.25) is 4.79 Å². The lowest BCUT2D eigenvalue weighted by atomic mass is 10.0. The molecule has 0 radical (unpaired) electrons. The van der Waals surface area contributed by atoms with Crippen LogP contribution in [0.4, 0.5) is 13.2 Å². The van der Waals surface area contributed by atoms with Gasteiger partial charge in [-0.2, -0.15) is 13.2 Å². The first-order valence-corrected chi connectivity index (χ1v) is 7.36. The molecule has 124 valence electrons. The number of alkyl halides is 3. The number of halogens is 3. The Hall–Kier alpha value is -2.76. The Bertz CT molecular complexity index is 880. The number of aromatic amines is 1. The highest BCUT2D eigenvalue weighted by molar-refractivity contribution is 6.05. The summed E-state index contributed by atoms with van der Waals surface area (Å²) in [6, 6.07) is 10.6. The van der Waals surface area contributed by atoms with Crippen molar-refractivity contribution < 1.29 is 22.7 Å². The fourth-order valence-corrected chi connectivity index (χ4v) is 2.71. The average Bonchev–Trinajstić information content (AvgIpc) is 2.93. The SMILES string of the molecule is CCOc1ccc(-c2[nH]c3c(C(F)(F)F)cccc3c2C=O)cc1. The summed E-state index contributed by atoms with van der Waals surface area (Å²) in [5.41, 5.74) is 0.307. The Balaban J connectivity index is 2.19. The van der Waals surface area contributed by atoms with E-state index in [1.807, 2.05) is 6.92 Å². The molecule has 3 rings (SSSR count). The summed E-state index contributed by atoms with van der Waals surface area (Å²) in [5.74, 6) is 0.654. The van der Waals surface area contributed by atoms with E-state index in [1.54, 1.807) is 24.3 Å². The summed E-state index contributed by atoms with van der Waals surface area (Å²) in [7, 11) is 0. The van der Waals surface area contributed by atoms with Gasteiger partial charge in [0.2, 0.25) is 0 Å². The maximum absolute atomic E-state index is 13.2. The van der Waals surface area contributed by atoms with E-state index in [0.29, 0.717) is 29.9 Å². The predicted octanol–water partition coefficient (Wildman–Crippen LogP) is 5.06. The van der Waals surface area contributed by atoms with Gasteiger partial charge in [0.15, 0.2) is 6.29 Å². The van der Waals surface area contributed by atoms with Crippen LogP contribution < -0.4 is 4.74 Å². The van der Waals surface area contributed by atoms with Crippen LogP contribution in [-0.4, -0.2) is 17.9 Å². The first kappa shape index (κ1) is 16.1. The van der Waals surface area contributed by atoms with E-state index < -0.39 is 11.7 Å². The van der Waals surface area contributed by atoms with Gasteiger partial charge in [0.1, 0.15) is 5.75 Å². The van der Waals surface area contributed by atoms with E-state index in [0.717, 1.165) is 6.07 Å². The second-order valence-electron chi connectivity index (χ2n) is 5.21. The lowest BCUT2D eigenvalue weighted by Gasteiger charge is -2.07. The normalized spacial score (nSPS) is 11.7. The molecule has 24 heavy (non-hydrogen) atoms. The maximum atomic E-state index is 13.2. The van der Waals surface area contributed by atoms with E-state index in [1.165, 1.54) is 12.1 Å². The van der Waals surface area contributed by atoms with Crippen molar-refractivity contribution in [1.82, 2.24) is 4.98 Å². The van der Waals surface area contributed by atoms with Gasteiger partial charge in [-0.15, -0.1) is 0 Å². The first-order valence-electron chi connectivity index (χ1n) is 7.36. The number of benzene rings is 2. The third-order valence-electron chi connectivity index (χ3n) is 3.75. The average molecular weight is 333 g/mol. The fraction of sp³-hybridized carbons (Fsp3) is 0.167. The molecule has 0 aliphatic rings. The maximum Gasteiger partial charge on any atom is 0.418 e. The van der Waals surface area contributed by atoms with E-state index in [-0.39, 0.29) is 16.5 Å². The molecule has 2 aromatic carbocycles. The van der Waals surface area contributed by atoms with Crippen LogP contribution in [0.3, 0.4) is 0 Å². The minimum Gasteiger partial charge on any atom is -0.494 e. The smallest absolute Gasteiger partial charge is 0.418 e. The zero-order valence-corrected chi connectivity index (χ0v) is 12.8. The van der Waals surface area contributed by atoms with Gasteiger partial charge in [-0.05, 0) is 42.8 Å². The molecule has 0 spiro atoms. The summed E-state index contributed by atoms with van der Waals surface area (Å²) >= 11 is 0. The topological polar surface area (TPSA) is 42.1 Å².